The Hall–Kier alpha value is -4.96. The predicted molar refractivity (Wildman–Crippen MR) is 157 cm³/mol. The van der Waals surface area contributed by atoms with Gasteiger partial charge in [-0.05, 0) is 16.7 Å². The number of nitrogens with zero attached hydrogens (tertiary/aromatic N) is 9. The second kappa shape index (κ2) is 12.7. The molecule has 0 aliphatic rings. The third-order valence-corrected chi connectivity index (χ3v) is 7.32. The molecule has 6 rings (SSSR count). The van der Waals surface area contributed by atoms with E-state index in [2.05, 4.69) is 67.3 Å². The Morgan fingerprint density at radius 1 is 0.476 bits per heavy atom. The summed E-state index contributed by atoms with van der Waals surface area (Å²) in [6.45, 7) is 1.79. The average molecular weight is 560 g/mol. The van der Waals surface area contributed by atoms with E-state index in [4.69, 9.17) is 0 Å². The SMILES string of the molecule is OCC(Cc1cn(Cc2ccccc2)nn1)(Cc1cn(Cc2ccccc2)nn1)Cc1cn(Cc2ccccc2)nn1. The predicted octanol–water partition coefficient (Wildman–Crippen LogP) is 3.61. The average Bonchev–Trinajstić information content (AvgIpc) is 3.77. The minimum atomic E-state index is -0.630. The van der Waals surface area contributed by atoms with Crippen LogP contribution in [-0.2, 0) is 38.9 Å². The molecule has 0 saturated carbocycles. The van der Waals surface area contributed by atoms with Crippen LogP contribution in [0.15, 0.2) is 110 Å². The van der Waals surface area contributed by atoms with Crippen molar-refractivity contribution in [3.05, 3.63) is 143 Å². The van der Waals surface area contributed by atoms with E-state index in [1.807, 2.05) is 87.2 Å². The zero-order valence-corrected chi connectivity index (χ0v) is 23.3. The molecule has 0 radical (unpaired) electrons. The molecule has 6 aromatic rings. The van der Waals surface area contributed by atoms with Crippen molar-refractivity contribution in [2.45, 2.75) is 38.9 Å². The highest BCUT2D eigenvalue weighted by Crippen LogP contribution is 2.30. The highest BCUT2D eigenvalue weighted by molar-refractivity contribution is 5.18. The van der Waals surface area contributed by atoms with Crippen molar-refractivity contribution < 1.29 is 5.11 Å². The summed E-state index contributed by atoms with van der Waals surface area (Å²) in [5.41, 5.74) is 5.21. The highest BCUT2D eigenvalue weighted by Gasteiger charge is 2.34. The Kier molecular flexibility index (Phi) is 8.23. The second-order valence-corrected chi connectivity index (χ2v) is 10.9. The van der Waals surface area contributed by atoms with Gasteiger partial charge in [0.25, 0.3) is 0 Å². The summed E-state index contributed by atoms with van der Waals surface area (Å²) in [4.78, 5) is 0. The first kappa shape index (κ1) is 27.2. The molecule has 0 amide bonds. The van der Waals surface area contributed by atoms with E-state index < -0.39 is 5.41 Å². The van der Waals surface area contributed by atoms with Gasteiger partial charge >= 0.3 is 0 Å². The fraction of sp³-hybridized carbons (Fsp3) is 0.250. The van der Waals surface area contributed by atoms with Crippen molar-refractivity contribution >= 4 is 0 Å². The number of hydrogen-bond donors (Lipinski definition) is 1. The first-order chi connectivity index (χ1) is 20.6. The normalized spacial score (nSPS) is 11.6. The van der Waals surface area contributed by atoms with Gasteiger partial charge < -0.3 is 5.11 Å². The Bertz CT molecular complexity index is 1480. The fourth-order valence-electron chi connectivity index (χ4n) is 5.31. The Balaban J connectivity index is 1.23. The molecule has 0 unspecified atom stereocenters. The molecule has 3 aromatic carbocycles. The largest absolute Gasteiger partial charge is 0.396 e. The number of aromatic nitrogens is 9. The van der Waals surface area contributed by atoms with Gasteiger partial charge in [0, 0.05) is 49.9 Å². The third-order valence-electron chi connectivity index (χ3n) is 7.32. The van der Waals surface area contributed by atoms with Gasteiger partial charge in [0.2, 0.25) is 0 Å². The maximum atomic E-state index is 10.9. The topological polar surface area (TPSA) is 112 Å². The molecule has 0 spiro atoms. The van der Waals surface area contributed by atoms with Crippen LogP contribution in [0.3, 0.4) is 0 Å². The zero-order valence-electron chi connectivity index (χ0n) is 23.3. The number of benzene rings is 3. The molecule has 0 aliphatic carbocycles. The molecule has 0 aliphatic heterocycles. The number of aliphatic hydroxyl groups is 1. The molecule has 3 aromatic heterocycles. The minimum Gasteiger partial charge on any atom is -0.396 e. The lowest BCUT2D eigenvalue weighted by atomic mass is 9.76. The van der Waals surface area contributed by atoms with Gasteiger partial charge in [0.15, 0.2) is 0 Å². The van der Waals surface area contributed by atoms with Gasteiger partial charge in [0.1, 0.15) is 0 Å². The van der Waals surface area contributed by atoms with Gasteiger partial charge in [-0.3, -0.25) is 0 Å². The summed E-state index contributed by atoms with van der Waals surface area (Å²) in [5.74, 6) is 0. The molecule has 0 saturated heterocycles. The molecule has 42 heavy (non-hydrogen) atoms. The number of hydrogen-bond acceptors (Lipinski definition) is 7. The third kappa shape index (κ3) is 7.02. The van der Waals surface area contributed by atoms with Crippen LogP contribution in [0.25, 0.3) is 0 Å². The van der Waals surface area contributed by atoms with Crippen molar-refractivity contribution in [2.24, 2.45) is 5.41 Å². The standard InChI is InChI=1S/C32H33N9O/c42-25-32(16-29-22-39(36-33-29)19-26-10-4-1-5-11-26,17-30-23-40(37-34-30)20-27-12-6-2-7-13-27)18-31-24-41(38-35-31)21-28-14-8-3-9-15-28/h1-15,22-24,42H,16-21,25H2. The second-order valence-electron chi connectivity index (χ2n) is 10.9. The van der Waals surface area contributed by atoms with Gasteiger partial charge in [0.05, 0.1) is 36.7 Å². The fourth-order valence-corrected chi connectivity index (χ4v) is 5.31. The van der Waals surface area contributed by atoms with Crippen LogP contribution in [0.2, 0.25) is 0 Å². The number of rotatable bonds is 13. The summed E-state index contributed by atoms with van der Waals surface area (Å²) in [5, 5.41) is 37.4. The quantitative estimate of drug-likeness (QED) is 0.230. The number of aliphatic hydroxyl groups excluding tert-OH is 1. The van der Waals surface area contributed by atoms with E-state index >= 15 is 0 Å². The molecule has 0 fully saturated rings. The van der Waals surface area contributed by atoms with Gasteiger partial charge in [-0.1, -0.05) is 107 Å². The van der Waals surface area contributed by atoms with Gasteiger partial charge in [-0.25, -0.2) is 14.0 Å². The molecule has 10 nitrogen and oxygen atoms in total. The smallest absolute Gasteiger partial charge is 0.0833 e. The van der Waals surface area contributed by atoms with Crippen molar-refractivity contribution in [1.29, 1.82) is 0 Å². The molecular weight excluding hydrogens is 526 g/mol. The van der Waals surface area contributed by atoms with Crippen LogP contribution in [0.1, 0.15) is 33.8 Å². The van der Waals surface area contributed by atoms with E-state index in [9.17, 15) is 5.11 Å². The van der Waals surface area contributed by atoms with Crippen molar-refractivity contribution in [3.8, 4) is 0 Å². The highest BCUT2D eigenvalue weighted by atomic mass is 16.3. The molecule has 3 heterocycles. The van der Waals surface area contributed by atoms with Crippen molar-refractivity contribution in [2.75, 3.05) is 6.61 Å². The summed E-state index contributed by atoms with van der Waals surface area (Å²) in [6.07, 6.45) is 7.35. The van der Waals surface area contributed by atoms with Crippen LogP contribution in [-0.4, -0.2) is 56.7 Å². The van der Waals surface area contributed by atoms with Crippen LogP contribution in [0.4, 0.5) is 0 Å². The monoisotopic (exact) mass is 559 g/mol. The summed E-state index contributed by atoms with van der Waals surface area (Å²) < 4.78 is 5.50. The molecule has 212 valence electrons. The van der Waals surface area contributed by atoms with Crippen LogP contribution >= 0.6 is 0 Å². The Morgan fingerprint density at radius 3 is 1.07 bits per heavy atom. The van der Waals surface area contributed by atoms with E-state index in [1.54, 1.807) is 0 Å². The first-order valence-electron chi connectivity index (χ1n) is 14.0. The maximum absolute atomic E-state index is 10.9. The van der Waals surface area contributed by atoms with Crippen LogP contribution in [0.5, 0.6) is 0 Å². The first-order valence-corrected chi connectivity index (χ1v) is 14.0. The minimum absolute atomic E-state index is 0.0877. The van der Waals surface area contributed by atoms with E-state index in [-0.39, 0.29) is 6.61 Å². The van der Waals surface area contributed by atoms with Crippen LogP contribution < -0.4 is 0 Å². The van der Waals surface area contributed by atoms with E-state index in [1.165, 1.54) is 0 Å². The van der Waals surface area contributed by atoms with Gasteiger partial charge in [-0.2, -0.15) is 0 Å². The molecule has 0 bridgehead atoms. The lowest BCUT2D eigenvalue weighted by Crippen LogP contribution is -2.34. The molecule has 1 N–H and O–H groups in total. The van der Waals surface area contributed by atoms with Crippen LogP contribution in [0, 0.1) is 5.41 Å². The Labute approximate surface area is 244 Å². The lowest BCUT2D eigenvalue weighted by Gasteiger charge is -2.29. The van der Waals surface area contributed by atoms with Crippen molar-refractivity contribution in [3.63, 3.8) is 0 Å². The van der Waals surface area contributed by atoms with Gasteiger partial charge in [-0.15, -0.1) is 15.3 Å². The van der Waals surface area contributed by atoms with Crippen molar-refractivity contribution in [1.82, 2.24) is 45.0 Å². The molecule has 0 atom stereocenters. The summed E-state index contributed by atoms with van der Waals surface area (Å²) in [7, 11) is 0. The lowest BCUT2D eigenvalue weighted by molar-refractivity contribution is 0.120. The van der Waals surface area contributed by atoms with E-state index in [0.717, 1.165) is 33.8 Å². The molecule has 10 heteroatoms. The zero-order chi connectivity index (χ0) is 28.6. The summed E-state index contributed by atoms with van der Waals surface area (Å²) >= 11 is 0. The van der Waals surface area contributed by atoms with E-state index in [0.29, 0.717) is 38.9 Å². The maximum Gasteiger partial charge on any atom is 0.0833 e. The summed E-state index contributed by atoms with van der Waals surface area (Å²) in [6, 6.07) is 30.5. The molecular formula is C32H33N9O. The Morgan fingerprint density at radius 2 is 0.786 bits per heavy atom.